The quantitative estimate of drug-likeness (QED) is 0.936. The number of likely N-dealkylation sites (tertiary alicyclic amines) is 1. The lowest BCUT2D eigenvalue weighted by atomic mass is 10.1. The largest absolute Gasteiger partial charge is 0.369 e. The van der Waals surface area contributed by atoms with Gasteiger partial charge in [0, 0.05) is 31.5 Å². The Morgan fingerprint density at radius 1 is 1.40 bits per heavy atom. The van der Waals surface area contributed by atoms with Crippen LogP contribution in [0.4, 0.5) is 5.82 Å². The van der Waals surface area contributed by atoms with Gasteiger partial charge in [0.2, 0.25) is 5.91 Å². The van der Waals surface area contributed by atoms with Gasteiger partial charge in [0.05, 0.1) is 5.39 Å². The fourth-order valence-electron chi connectivity index (χ4n) is 2.86. The third-order valence-corrected chi connectivity index (χ3v) is 4.87. The zero-order valence-electron chi connectivity index (χ0n) is 11.1. The van der Waals surface area contributed by atoms with Gasteiger partial charge in [-0.05, 0) is 24.3 Å². The van der Waals surface area contributed by atoms with Crippen molar-refractivity contribution in [2.75, 3.05) is 18.4 Å². The summed E-state index contributed by atoms with van der Waals surface area (Å²) in [6, 6.07) is 2.58. The van der Waals surface area contributed by atoms with Crippen LogP contribution in [0.5, 0.6) is 0 Å². The minimum atomic E-state index is 0.322. The lowest BCUT2D eigenvalue weighted by molar-refractivity contribution is -0.128. The molecule has 1 N–H and O–H groups in total. The smallest absolute Gasteiger partial charge is 0.223 e. The van der Waals surface area contributed by atoms with E-state index in [9.17, 15) is 4.79 Å². The molecule has 104 valence electrons. The summed E-state index contributed by atoms with van der Waals surface area (Å²) < 4.78 is 0. The summed E-state index contributed by atoms with van der Waals surface area (Å²) in [5.41, 5.74) is 0. The molecule has 0 radical (unpaired) electrons. The highest BCUT2D eigenvalue weighted by Gasteiger charge is 2.39. The molecule has 1 aliphatic carbocycles. The number of carbonyl (C=O) groups excluding carboxylic acids is 1. The maximum Gasteiger partial charge on any atom is 0.223 e. The van der Waals surface area contributed by atoms with Crippen LogP contribution in [0.15, 0.2) is 17.8 Å². The molecule has 1 atom stereocenters. The van der Waals surface area contributed by atoms with Gasteiger partial charge in [-0.3, -0.25) is 4.79 Å². The first kappa shape index (κ1) is 12.1. The summed E-state index contributed by atoms with van der Waals surface area (Å²) >= 11 is 1.62. The van der Waals surface area contributed by atoms with E-state index in [1.165, 1.54) is 12.8 Å². The summed E-state index contributed by atoms with van der Waals surface area (Å²) in [7, 11) is 0. The summed E-state index contributed by atoms with van der Waals surface area (Å²) in [5.74, 6) is 1.60. The van der Waals surface area contributed by atoms with E-state index in [4.69, 9.17) is 0 Å². The molecular weight excluding hydrogens is 272 g/mol. The van der Waals surface area contributed by atoms with E-state index in [1.807, 2.05) is 11.4 Å². The minimum Gasteiger partial charge on any atom is -0.369 e. The minimum absolute atomic E-state index is 0.322. The number of hydrogen-bond acceptors (Lipinski definition) is 5. The Morgan fingerprint density at radius 2 is 2.30 bits per heavy atom. The van der Waals surface area contributed by atoms with E-state index in [-0.39, 0.29) is 0 Å². The molecule has 1 amide bonds. The number of rotatable bonds is 4. The monoisotopic (exact) mass is 288 g/mol. The average Bonchev–Trinajstić information content (AvgIpc) is 3.05. The van der Waals surface area contributed by atoms with Crippen molar-refractivity contribution in [3.8, 4) is 0 Å². The molecule has 3 heterocycles. The highest BCUT2D eigenvalue weighted by molar-refractivity contribution is 7.16. The second kappa shape index (κ2) is 4.70. The van der Waals surface area contributed by atoms with Crippen LogP contribution in [-0.2, 0) is 4.79 Å². The van der Waals surface area contributed by atoms with Gasteiger partial charge in [-0.2, -0.15) is 0 Å². The van der Waals surface area contributed by atoms with Crippen LogP contribution in [0.3, 0.4) is 0 Å². The standard InChI is InChI=1S/C14H16N4OS/c19-12-5-9(7-18(12)10-1-2-10)6-15-13-11-3-4-20-14(11)17-8-16-13/h3-4,8-10H,1-2,5-7H2,(H,15,16,17). The molecule has 20 heavy (non-hydrogen) atoms. The number of fused-ring (bicyclic) bond motifs is 1. The van der Waals surface area contributed by atoms with Gasteiger partial charge in [-0.25, -0.2) is 9.97 Å². The summed E-state index contributed by atoms with van der Waals surface area (Å²) in [6.45, 7) is 1.70. The molecule has 2 aromatic heterocycles. The Kier molecular flexibility index (Phi) is 2.84. The molecule has 1 saturated carbocycles. The maximum atomic E-state index is 11.9. The van der Waals surface area contributed by atoms with Gasteiger partial charge in [0.15, 0.2) is 0 Å². The zero-order chi connectivity index (χ0) is 13.5. The fraction of sp³-hybridized carbons (Fsp3) is 0.500. The lowest BCUT2D eigenvalue weighted by Gasteiger charge is -2.16. The van der Waals surface area contributed by atoms with Crippen LogP contribution in [0.1, 0.15) is 19.3 Å². The van der Waals surface area contributed by atoms with E-state index < -0.39 is 0 Å². The Bertz CT molecular complexity index is 651. The van der Waals surface area contributed by atoms with Crippen LogP contribution in [-0.4, -0.2) is 39.9 Å². The van der Waals surface area contributed by atoms with E-state index in [0.717, 1.165) is 29.1 Å². The van der Waals surface area contributed by atoms with Crippen molar-refractivity contribution >= 4 is 33.3 Å². The molecule has 6 heteroatoms. The molecule has 2 aromatic rings. The number of nitrogens with one attached hydrogen (secondary N) is 1. The van der Waals surface area contributed by atoms with Crippen LogP contribution >= 0.6 is 11.3 Å². The van der Waals surface area contributed by atoms with Crippen molar-refractivity contribution < 1.29 is 4.79 Å². The Morgan fingerprint density at radius 3 is 3.15 bits per heavy atom. The van der Waals surface area contributed by atoms with E-state index in [1.54, 1.807) is 17.7 Å². The van der Waals surface area contributed by atoms with Crippen molar-refractivity contribution in [1.29, 1.82) is 0 Å². The number of thiophene rings is 1. The lowest BCUT2D eigenvalue weighted by Crippen LogP contribution is -2.28. The number of nitrogens with zero attached hydrogens (tertiary/aromatic N) is 3. The Labute approximate surface area is 121 Å². The van der Waals surface area contributed by atoms with Crippen LogP contribution in [0, 0.1) is 5.92 Å². The van der Waals surface area contributed by atoms with Crippen molar-refractivity contribution in [1.82, 2.24) is 14.9 Å². The summed E-state index contributed by atoms with van der Waals surface area (Å²) in [4.78, 5) is 23.5. The van der Waals surface area contributed by atoms with E-state index in [2.05, 4.69) is 20.2 Å². The first-order valence-electron chi connectivity index (χ1n) is 7.03. The van der Waals surface area contributed by atoms with Gasteiger partial charge in [-0.1, -0.05) is 0 Å². The predicted octanol–water partition coefficient (Wildman–Crippen LogP) is 2.11. The van der Waals surface area contributed by atoms with Gasteiger partial charge < -0.3 is 10.2 Å². The normalized spacial score (nSPS) is 22.7. The van der Waals surface area contributed by atoms with Gasteiger partial charge in [0.25, 0.3) is 0 Å². The number of amides is 1. The van der Waals surface area contributed by atoms with Gasteiger partial charge >= 0.3 is 0 Å². The zero-order valence-corrected chi connectivity index (χ0v) is 11.9. The molecule has 2 fully saturated rings. The number of anilines is 1. The summed E-state index contributed by atoms with van der Waals surface area (Å²) in [5, 5.41) is 6.49. The molecule has 5 nitrogen and oxygen atoms in total. The first-order valence-corrected chi connectivity index (χ1v) is 7.91. The predicted molar refractivity (Wildman–Crippen MR) is 78.7 cm³/mol. The van der Waals surface area contributed by atoms with Crippen molar-refractivity contribution in [2.24, 2.45) is 5.92 Å². The second-order valence-electron chi connectivity index (χ2n) is 5.59. The van der Waals surface area contributed by atoms with Gasteiger partial charge in [0.1, 0.15) is 17.0 Å². The molecule has 1 aliphatic heterocycles. The SMILES string of the molecule is O=C1CC(CNc2ncnc3sccc23)CN1C1CC1. The maximum absolute atomic E-state index is 11.9. The third-order valence-electron chi connectivity index (χ3n) is 4.05. The molecular formula is C14H16N4OS. The topological polar surface area (TPSA) is 58.1 Å². The number of aromatic nitrogens is 2. The van der Waals surface area contributed by atoms with E-state index in [0.29, 0.717) is 24.3 Å². The Hall–Kier alpha value is -1.69. The number of hydrogen-bond donors (Lipinski definition) is 1. The van der Waals surface area contributed by atoms with Crippen molar-refractivity contribution in [3.63, 3.8) is 0 Å². The van der Waals surface area contributed by atoms with Crippen LogP contribution in [0.2, 0.25) is 0 Å². The molecule has 4 rings (SSSR count). The van der Waals surface area contributed by atoms with Crippen molar-refractivity contribution in [3.05, 3.63) is 17.8 Å². The fourth-order valence-corrected chi connectivity index (χ4v) is 3.59. The highest BCUT2D eigenvalue weighted by Crippen LogP contribution is 2.33. The van der Waals surface area contributed by atoms with Crippen LogP contribution < -0.4 is 5.32 Å². The second-order valence-corrected chi connectivity index (χ2v) is 6.48. The number of carbonyl (C=O) groups is 1. The highest BCUT2D eigenvalue weighted by atomic mass is 32.1. The summed E-state index contributed by atoms with van der Waals surface area (Å²) in [6.07, 6.45) is 4.64. The molecule has 0 bridgehead atoms. The average molecular weight is 288 g/mol. The first-order chi connectivity index (χ1) is 9.81. The molecule has 2 aliphatic rings. The molecule has 0 spiro atoms. The van der Waals surface area contributed by atoms with E-state index >= 15 is 0 Å². The molecule has 1 saturated heterocycles. The Balaban J connectivity index is 1.43. The molecule has 1 unspecified atom stereocenters. The molecule has 0 aromatic carbocycles. The van der Waals surface area contributed by atoms with Gasteiger partial charge in [-0.15, -0.1) is 11.3 Å². The third kappa shape index (κ3) is 2.14. The van der Waals surface area contributed by atoms with Crippen molar-refractivity contribution in [2.45, 2.75) is 25.3 Å². The van der Waals surface area contributed by atoms with Crippen LogP contribution in [0.25, 0.3) is 10.2 Å².